The second kappa shape index (κ2) is 9.12. The van der Waals surface area contributed by atoms with E-state index in [1.807, 2.05) is 76.2 Å². The van der Waals surface area contributed by atoms with Crippen LogP contribution in [-0.4, -0.2) is 36.0 Å². The Labute approximate surface area is 192 Å². The number of carbonyl (C=O) groups is 2. The summed E-state index contributed by atoms with van der Waals surface area (Å²) < 4.78 is 5.97. The molecule has 7 heteroatoms. The molecule has 2 aromatic carbocycles. The Hall–Kier alpha value is -3.19. The second-order valence-electron chi connectivity index (χ2n) is 7.73. The number of aromatic nitrogens is 1. The summed E-state index contributed by atoms with van der Waals surface area (Å²) in [5.74, 6) is 0.280. The predicted octanol–water partition coefficient (Wildman–Crippen LogP) is 4.98. The summed E-state index contributed by atoms with van der Waals surface area (Å²) >= 11 is 1.64. The van der Waals surface area contributed by atoms with Gasteiger partial charge in [0.2, 0.25) is 5.91 Å². The SMILES string of the molecule is CCC1Oc2ccc(-c3nc(C)sc3C)cc2N(CC(=O)N(CC)c2ccccc2)C1=O. The van der Waals surface area contributed by atoms with Crippen LogP contribution >= 0.6 is 11.3 Å². The minimum atomic E-state index is -0.601. The molecular weight excluding hydrogens is 422 g/mol. The number of rotatable bonds is 6. The highest BCUT2D eigenvalue weighted by atomic mass is 32.1. The van der Waals surface area contributed by atoms with Crippen LogP contribution in [0.2, 0.25) is 0 Å². The van der Waals surface area contributed by atoms with Gasteiger partial charge in [-0.2, -0.15) is 0 Å². The molecule has 166 valence electrons. The minimum Gasteiger partial charge on any atom is -0.478 e. The third kappa shape index (κ3) is 4.12. The van der Waals surface area contributed by atoms with Gasteiger partial charge >= 0.3 is 0 Å². The van der Waals surface area contributed by atoms with Crippen LogP contribution in [0.15, 0.2) is 48.5 Å². The molecule has 1 unspecified atom stereocenters. The molecule has 0 spiro atoms. The van der Waals surface area contributed by atoms with Crippen LogP contribution in [-0.2, 0) is 9.59 Å². The number of aryl methyl sites for hydroxylation is 2. The molecule has 0 aliphatic carbocycles. The van der Waals surface area contributed by atoms with Gasteiger partial charge in [-0.1, -0.05) is 25.1 Å². The smallest absolute Gasteiger partial charge is 0.268 e. The molecule has 0 radical (unpaired) electrons. The highest BCUT2D eigenvalue weighted by Crippen LogP contribution is 2.39. The van der Waals surface area contributed by atoms with Crippen molar-refractivity contribution in [1.82, 2.24) is 4.98 Å². The van der Waals surface area contributed by atoms with Crippen LogP contribution < -0.4 is 14.5 Å². The molecule has 3 aromatic rings. The number of thiazole rings is 1. The Morgan fingerprint density at radius 2 is 1.91 bits per heavy atom. The summed E-state index contributed by atoms with van der Waals surface area (Å²) in [6.07, 6.45) is -0.0677. The molecule has 0 bridgehead atoms. The number of hydrogen-bond acceptors (Lipinski definition) is 5. The molecule has 0 saturated carbocycles. The Kier molecular flexibility index (Phi) is 6.28. The Morgan fingerprint density at radius 1 is 1.16 bits per heavy atom. The van der Waals surface area contributed by atoms with Crippen LogP contribution in [0.3, 0.4) is 0 Å². The molecule has 6 nitrogen and oxygen atoms in total. The molecule has 1 atom stereocenters. The first kappa shape index (κ1) is 22.0. The Bertz CT molecular complexity index is 1140. The summed E-state index contributed by atoms with van der Waals surface area (Å²) in [5, 5.41) is 0.988. The van der Waals surface area contributed by atoms with Crippen molar-refractivity contribution in [2.24, 2.45) is 0 Å². The summed E-state index contributed by atoms with van der Waals surface area (Å²) in [6, 6.07) is 15.3. The van der Waals surface area contributed by atoms with E-state index in [1.165, 1.54) is 0 Å². The molecule has 1 aliphatic rings. The van der Waals surface area contributed by atoms with Crippen LogP contribution in [0.25, 0.3) is 11.3 Å². The molecule has 0 saturated heterocycles. The zero-order valence-electron chi connectivity index (χ0n) is 18.8. The van der Waals surface area contributed by atoms with Crippen LogP contribution in [0.1, 0.15) is 30.2 Å². The molecule has 2 heterocycles. The number of anilines is 2. The monoisotopic (exact) mass is 449 g/mol. The van der Waals surface area contributed by atoms with E-state index in [1.54, 1.807) is 21.1 Å². The highest BCUT2D eigenvalue weighted by Gasteiger charge is 2.35. The third-order valence-electron chi connectivity index (χ3n) is 5.59. The summed E-state index contributed by atoms with van der Waals surface area (Å²) in [7, 11) is 0. The number of fused-ring (bicyclic) bond motifs is 1. The normalized spacial score (nSPS) is 15.3. The van der Waals surface area contributed by atoms with E-state index in [2.05, 4.69) is 4.98 Å². The van der Waals surface area contributed by atoms with Gasteiger partial charge in [-0.25, -0.2) is 4.98 Å². The molecule has 1 aromatic heterocycles. The van der Waals surface area contributed by atoms with Gasteiger partial charge in [0.15, 0.2) is 6.10 Å². The minimum absolute atomic E-state index is 0.0487. The van der Waals surface area contributed by atoms with Gasteiger partial charge in [0.25, 0.3) is 5.91 Å². The molecule has 2 amide bonds. The van der Waals surface area contributed by atoms with E-state index in [4.69, 9.17) is 4.74 Å². The number of hydrogen-bond donors (Lipinski definition) is 0. The highest BCUT2D eigenvalue weighted by molar-refractivity contribution is 7.11. The fourth-order valence-electron chi connectivity index (χ4n) is 4.02. The third-order valence-corrected chi connectivity index (χ3v) is 6.47. The van der Waals surface area contributed by atoms with Gasteiger partial charge in [0.1, 0.15) is 12.3 Å². The van der Waals surface area contributed by atoms with Crippen molar-refractivity contribution in [2.75, 3.05) is 22.9 Å². The fraction of sp³-hybridized carbons (Fsp3) is 0.320. The van der Waals surface area contributed by atoms with Gasteiger partial charge in [-0.3, -0.25) is 14.5 Å². The van der Waals surface area contributed by atoms with Crippen molar-refractivity contribution >= 4 is 34.5 Å². The number of carbonyl (C=O) groups excluding carboxylic acids is 2. The number of nitrogens with zero attached hydrogens (tertiary/aromatic N) is 3. The summed E-state index contributed by atoms with van der Waals surface area (Å²) in [6.45, 7) is 8.32. The molecule has 0 fully saturated rings. The number of amides is 2. The van der Waals surface area contributed by atoms with Gasteiger partial charge in [0.05, 0.1) is 16.4 Å². The van der Waals surface area contributed by atoms with Crippen molar-refractivity contribution in [3.8, 4) is 17.0 Å². The van der Waals surface area contributed by atoms with E-state index < -0.39 is 6.10 Å². The van der Waals surface area contributed by atoms with Crippen LogP contribution in [0, 0.1) is 13.8 Å². The number of benzene rings is 2. The van der Waals surface area contributed by atoms with Gasteiger partial charge < -0.3 is 9.64 Å². The topological polar surface area (TPSA) is 62.7 Å². The van der Waals surface area contributed by atoms with Gasteiger partial charge in [-0.15, -0.1) is 11.3 Å². The Balaban J connectivity index is 1.71. The lowest BCUT2D eigenvalue weighted by Gasteiger charge is -2.35. The average molecular weight is 450 g/mol. The van der Waals surface area contributed by atoms with Crippen molar-refractivity contribution < 1.29 is 14.3 Å². The van der Waals surface area contributed by atoms with E-state index >= 15 is 0 Å². The molecule has 0 N–H and O–H groups in total. The standard InChI is InChI=1S/C25H27N3O3S/c1-5-21-25(30)28(15-23(29)27(6-2)19-10-8-7-9-11-19)20-14-18(12-13-22(20)31-21)24-16(3)32-17(4)26-24/h7-14,21H,5-6,15H2,1-4H3. The van der Waals surface area contributed by atoms with Crippen molar-refractivity contribution in [1.29, 1.82) is 0 Å². The molecule has 32 heavy (non-hydrogen) atoms. The number of ether oxygens (including phenoxy) is 1. The van der Waals surface area contributed by atoms with E-state index in [-0.39, 0.29) is 18.4 Å². The summed E-state index contributed by atoms with van der Waals surface area (Å²) in [4.78, 5) is 35.5. The quantitative estimate of drug-likeness (QED) is 0.532. The van der Waals surface area contributed by atoms with Crippen molar-refractivity contribution in [2.45, 2.75) is 40.2 Å². The van der Waals surface area contributed by atoms with E-state index in [0.29, 0.717) is 24.4 Å². The molecule has 4 rings (SSSR count). The first-order valence-electron chi connectivity index (χ1n) is 10.8. The van der Waals surface area contributed by atoms with Gasteiger partial charge in [-0.05, 0) is 57.5 Å². The van der Waals surface area contributed by atoms with Crippen molar-refractivity contribution in [3.05, 3.63) is 58.4 Å². The fourth-order valence-corrected chi connectivity index (χ4v) is 4.86. The first-order valence-corrected chi connectivity index (χ1v) is 11.7. The van der Waals surface area contributed by atoms with Crippen molar-refractivity contribution in [3.63, 3.8) is 0 Å². The lowest BCUT2D eigenvalue weighted by Crippen LogP contribution is -2.50. The zero-order chi connectivity index (χ0) is 22.8. The Morgan fingerprint density at radius 3 is 2.53 bits per heavy atom. The van der Waals surface area contributed by atoms with E-state index in [0.717, 1.165) is 26.8 Å². The lowest BCUT2D eigenvalue weighted by atomic mass is 10.1. The van der Waals surface area contributed by atoms with Crippen LogP contribution in [0.5, 0.6) is 5.75 Å². The molecule has 1 aliphatic heterocycles. The average Bonchev–Trinajstić information content (AvgIpc) is 3.14. The first-order chi connectivity index (χ1) is 15.4. The maximum absolute atomic E-state index is 13.3. The van der Waals surface area contributed by atoms with Crippen LogP contribution in [0.4, 0.5) is 11.4 Å². The number of para-hydroxylation sites is 1. The van der Waals surface area contributed by atoms with E-state index in [9.17, 15) is 9.59 Å². The maximum atomic E-state index is 13.3. The lowest BCUT2D eigenvalue weighted by molar-refractivity contribution is -0.128. The zero-order valence-corrected chi connectivity index (χ0v) is 19.6. The predicted molar refractivity (Wildman–Crippen MR) is 129 cm³/mol. The van der Waals surface area contributed by atoms with Gasteiger partial charge in [0, 0.05) is 22.7 Å². The second-order valence-corrected chi connectivity index (χ2v) is 9.14. The largest absolute Gasteiger partial charge is 0.478 e. The number of likely N-dealkylation sites (N-methyl/N-ethyl adjacent to an activating group) is 1. The molecular formula is C25H27N3O3S. The summed E-state index contributed by atoms with van der Waals surface area (Å²) in [5.41, 5.74) is 3.23. The maximum Gasteiger partial charge on any atom is 0.268 e.